The molecule has 5 heteroatoms. The zero-order valence-electron chi connectivity index (χ0n) is 7.68. The SMILES string of the molecule is Nc1ncc(-c2ccccc2O)c(Cl)n1. The highest BCUT2D eigenvalue weighted by atomic mass is 35.5. The van der Waals surface area contributed by atoms with E-state index in [0.29, 0.717) is 11.1 Å². The number of phenols is 1. The number of hydrogen-bond acceptors (Lipinski definition) is 4. The Morgan fingerprint density at radius 2 is 1.93 bits per heavy atom. The van der Waals surface area contributed by atoms with Crippen LogP contribution in [0.1, 0.15) is 0 Å². The topological polar surface area (TPSA) is 72.0 Å². The van der Waals surface area contributed by atoms with Gasteiger partial charge < -0.3 is 10.8 Å². The Bertz CT molecular complexity index is 502. The van der Waals surface area contributed by atoms with Crippen molar-refractivity contribution < 1.29 is 5.11 Å². The van der Waals surface area contributed by atoms with Crippen molar-refractivity contribution >= 4 is 17.5 Å². The lowest BCUT2D eigenvalue weighted by molar-refractivity contribution is 0.477. The van der Waals surface area contributed by atoms with Gasteiger partial charge in [-0.2, -0.15) is 0 Å². The lowest BCUT2D eigenvalue weighted by atomic mass is 10.1. The second-order valence-electron chi connectivity index (χ2n) is 2.95. The van der Waals surface area contributed by atoms with Gasteiger partial charge in [0.1, 0.15) is 10.9 Å². The molecule has 0 saturated heterocycles. The van der Waals surface area contributed by atoms with Gasteiger partial charge in [0.15, 0.2) is 0 Å². The van der Waals surface area contributed by atoms with Gasteiger partial charge in [0.05, 0.1) is 0 Å². The summed E-state index contributed by atoms with van der Waals surface area (Å²) in [6.45, 7) is 0. The fraction of sp³-hybridized carbons (Fsp3) is 0. The standard InChI is InChI=1S/C10H8ClN3O/c11-9-7(5-13-10(12)14-9)6-3-1-2-4-8(6)15/h1-5,15H,(H2,12,13,14). The quantitative estimate of drug-likeness (QED) is 0.724. The van der Waals surface area contributed by atoms with Crippen LogP contribution in [0.4, 0.5) is 5.95 Å². The molecule has 0 saturated carbocycles. The minimum atomic E-state index is 0.110. The Morgan fingerprint density at radius 3 is 2.60 bits per heavy atom. The molecule has 0 aliphatic rings. The Hall–Kier alpha value is -1.81. The summed E-state index contributed by atoms with van der Waals surface area (Å²) in [7, 11) is 0. The van der Waals surface area contributed by atoms with E-state index in [-0.39, 0.29) is 16.9 Å². The molecule has 0 spiro atoms. The second kappa shape index (κ2) is 3.74. The molecule has 1 aromatic carbocycles. The minimum absolute atomic E-state index is 0.110. The Morgan fingerprint density at radius 1 is 1.20 bits per heavy atom. The molecule has 1 heterocycles. The number of phenolic OH excluding ortho intramolecular Hbond substituents is 1. The molecule has 0 fully saturated rings. The third-order valence-electron chi connectivity index (χ3n) is 1.96. The largest absolute Gasteiger partial charge is 0.507 e. The van der Waals surface area contributed by atoms with Crippen LogP contribution in [0.15, 0.2) is 30.5 Å². The Balaban J connectivity index is 2.60. The number of benzene rings is 1. The first kappa shape index (κ1) is 9.73. The number of para-hydroxylation sites is 1. The third kappa shape index (κ3) is 1.85. The van der Waals surface area contributed by atoms with Crippen molar-refractivity contribution in [3.05, 3.63) is 35.6 Å². The van der Waals surface area contributed by atoms with Crippen molar-refractivity contribution in [3.63, 3.8) is 0 Å². The van der Waals surface area contributed by atoms with Crippen molar-refractivity contribution in [1.29, 1.82) is 0 Å². The lowest BCUT2D eigenvalue weighted by Gasteiger charge is -2.05. The van der Waals surface area contributed by atoms with E-state index in [1.165, 1.54) is 6.20 Å². The maximum atomic E-state index is 9.61. The molecule has 76 valence electrons. The zero-order valence-corrected chi connectivity index (χ0v) is 8.44. The number of nitrogens with two attached hydrogens (primary N) is 1. The number of anilines is 1. The van der Waals surface area contributed by atoms with Crippen molar-refractivity contribution in [2.45, 2.75) is 0 Å². The van der Waals surface area contributed by atoms with Gasteiger partial charge in [0.2, 0.25) is 5.95 Å². The first-order chi connectivity index (χ1) is 7.18. The summed E-state index contributed by atoms with van der Waals surface area (Å²) in [5, 5.41) is 9.84. The Labute approximate surface area is 91.4 Å². The molecule has 0 atom stereocenters. The van der Waals surface area contributed by atoms with Crippen LogP contribution in [0, 0.1) is 0 Å². The fourth-order valence-electron chi connectivity index (χ4n) is 1.26. The van der Waals surface area contributed by atoms with Crippen molar-refractivity contribution in [2.75, 3.05) is 5.73 Å². The number of nitrogens with zero attached hydrogens (tertiary/aromatic N) is 2. The van der Waals surface area contributed by atoms with E-state index in [9.17, 15) is 5.11 Å². The molecule has 0 radical (unpaired) electrons. The summed E-state index contributed by atoms with van der Waals surface area (Å²) < 4.78 is 0. The summed E-state index contributed by atoms with van der Waals surface area (Å²) >= 11 is 5.89. The van der Waals surface area contributed by atoms with Gasteiger partial charge in [-0.3, -0.25) is 0 Å². The lowest BCUT2D eigenvalue weighted by Crippen LogP contribution is -1.95. The highest BCUT2D eigenvalue weighted by Crippen LogP contribution is 2.32. The summed E-state index contributed by atoms with van der Waals surface area (Å²) in [6, 6.07) is 6.82. The van der Waals surface area contributed by atoms with Gasteiger partial charge in [0, 0.05) is 17.3 Å². The van der Waals surface area contributed by atoms with Crippen LogP contribution in [0.5, 0.6) is 5.75 Å². The van der Waals surface area contributed by atoms with Gasteiger partial charge in [-0.25, -0.2) is 9.97 Å². The van der Waals surface area contributed by atoms with Gasteiger partial charge in [-0.15, -0.1) is 0 Å². The summed E-state index contributed by atoms with van der Waals surface area (Å²) in [6.07, 6.45) is 1.49. The van der Waals surface area contributed by atoms with Gasteiger partial charge in [-0.05, 0) is 6.07 Å². The van der Waals surface area contributed by atoms with Crippen LogP contribution < -0.4 is 5.73 Å². The predicted octanol–water partition coefficient (Wildman–Crippen LogP) is 2.08. The van der Waals surface area contributed by atoms with E-state index in [1.807, 2.05) is 0 Å². The minimum Gasteiger partial charge on any atom is -0.507 e. The second-order valence-corrected chi connectivity index (χ2v) is 3.31. The van der Waals surface area contributed by atoms with Gasteiger partial charge in [-0.1, -0.05) is 29.8 Å². The fourth-order valence-corrected chi connectivity index (χ4v) is 1.49. The molecule has 0 aliphatic carbocycles. The number of nitrogen functional groups attached to an aromatic ring is 1. The van der Waals surface area contributed by atoms with Crippen LogP contribution in [0.25, 0.3) is 11.1 Å². The normalized spacial score (nSPS) is 10.2. The number of aromatic hydroxyl groups is 1. The third-order valence-corrected chi connectivity index (χ3v) is 2.24. The van der Waals surface area contributed by atoms with E-state index in [2.05, 4.69) is 9.97 Å². The Kier molecular flexibility index (Phi) is 2.43. The average molecular weight is 222 g/mol. The van der Waals surface area contributed by atoms with Crippen LogP contribution in [0.2, 0.25) is 5.15 Å². The summed E-state index contributed by atoms with van der Waals surface area (Å²) in [5.74, 6) is 0.243. The van der Waals surface area contributed by atoms with Crippen molar-refractivity contribution in [2.24, 2.45) is 0 Å². The highest BCUT2D eigenvalue weighted by molar-refractivity contribution is 6.32. The maximum absolute atomic E-state index is 9.61. The van der Waals surface area contributed by atoms with E-state index in [0.717, 1.165) is 0 Å². The zero-order chi connectivity index (χ0) is 10.8. The molecular weight excluding hydrogens is 214 g/mol. The molecule has 3 N–H and O–H groups in total. The van der Waals surface area contributed by atoms with Crippen LogP contribution in [-0.2, 0) is 0 Å². The van der Waals surface area contributed by atoms with E-state index >= 15 is 0 Å². The number of rotatable bonds is 1. The average Bonchev–Trinajstić information content (AvgIpc) is 2.20. The van der Waals surface area contributed by atoms with Gasteiger partial charge >= 0.3 is 0 Å². The molecule has 0 unspecified atom stereocenters. The first-order valence-electron chi connectivity index (χ1n) is 4.25. The highest BCUT2D eigenvalue weighted by Gasteiger charge is 2.09. The monoisotopic (exact) mass is 221 g/mol. The first-order valence-corrected chi connectivity index (χ1v) is 4.62. The molecule has 0 aliphatic heterocycles. The predicted molar refractivity (Wildman–Crippen MR) is 58.6 cm³/mol. The number of hydrogen-bond donors (Lipinski definition) is 2. The van der Waals surface area contributed by atoms with E-state index in [4.69, 9.17) is 17.3 Å². The molecule has 15 heavy (non-hydrogen) atoms. The van der Waals surface area contributed by atoms with Crippen molar-refractivity contribution in [3.8, 4) is 16.9 Å². The van der Waals surface area contributed by atoms with E-state index < -0.39 is 0 Å². The number of halogens is 1. The van der Waals surface area contributed by atoms with E-state index in [1.54, 1.807) is 24.3 Å². The van der Waals surface area contributed by atoms with Crippen molar-refractivity contribution in [1.82, 2.24) is 9.97 Å². The molecule has 0 bridgehead atoms. The molecule has 2 rings (SSSR count). The summed E-state index contributed by atoms with van der Waals surface area (Å²) in [5.41, 5.74) is 6.52. The molecule has 0 amide bonds. The molecule has 1 aromatic heterocycles. The molecule has 2 aromatic rings. The number of aromatic nitrogens is 2. The van der Waals surface area contributed by atoms with Gasteiger partial charge in [0.25, 0.3) is 0 Å². The summed E-state index contributed by atoms with van der Waals surface area (Å²) in [4.78, 5) is 7.64. The molecular formula is C10H8ClN3O. The van der Waals surface area contributed by atoms with Crippen LogP contribution in [-0.4, -0.2) is 15.1 Å². The molecule has 4 nitrogen and oxygen atoms in total. The maximum Gasteiger partial charge on any atom is 0.221 e. The van der Waals surface area contributed by atoms with Crippen LogP contribution in [0.3, 0.4) is 0 Å². The van der Waals surface area contributed by atoms with Crippen LogP contribution >= 0.6 is 11.6 Å². The smallest absolute Gasteiger partial charge is 0.221 e.